The Morgan fingerprint density at radius 3 is 2.43 bits per heavy atom. The lowest BCUT2D eigenvalue weighted by molar-refractivity contribution is -0.132. The number of hydrogen-bond acceptors (Lipinski definition) is 1. The first-order valence-corrected chi connectivity index (χ1v) is 2.36. The Morgan fingerprint density at radius 1 is 1.57 bits per heavy atom. The lowest BCUT2D eigenvalue weighted by atomic mass is 9.81. The number of hydrogen-bond donors (Lipinski definition) is 1. The van der Waals surface area contributed by atoms with Crippen molar-refractivity contribution in [3.63, 3.8) is 0 Å². The van der Waals surface area contributed by atoms with E-state index in [-0.39, 0.29) is 11.8 Å². The van der Waals surface area contributed by atoms with Crippen molar-refractivity contribution < 1.29 is 4.79 Å². The average Bonchev–Trinajstić information content (AvgIpc) is 1.59. The Hall–Kier alpha value is -0.790. The van der Waals surface area contributed by atoms with E-state index >= 15 is 0 Å². The van der Waals surface area contributed by atoms with Gasteiger partial charge in [-0.1, -0.05) is 12.2 Å². The van der Waals surface area contributed by atoms with Crippen LogP contribution in [-0.4, -0.2) is 11.9 Å². The highest BCUT2D eigenvalue weighted by Gasteiger charge is 2.40. The van der Waals surface area contributed by atoms with Gasteiger partial charge in [0.2, 0.25) is 5.91 Å². The third kappa shape index (κ3) is 0.204. The molecule has 0 spiro atoms. The van der Waals surface area contributed by atoms with Crippen LogP contribution in [0, 0.1) is 5.92 Å². The number of rotatable bonds is 0. The summed E-state index contributed by atoms with van der Waals surface area (Å²) in [4.78, 5) is 10.3. The van der Waals surface area contributed by atoms with Gasteiger partial charge in [-0.15, -0.1) is 0 Å². The van der Waals surface area contributed by atoms with Crippen molar-refractivity contribution in [2.75, 3.05) is 0 Å². The van der Waals surface area contributed by atoms with Gasteiger partial charge in [-0.3, -0.25) is 4.79 Å². The van der Waals surface area contributed by atoms with E-state index < -0.39 is 0 Å². The van der Waals surface area contributed by atoms with Crippen molar-refractivity contribution in [1.82, 2.24) is 5.32 Å². The number of amides is 1. The van der Waals surface area contributed by atoms with Crippen LogP contribution in [0.25, 0.3) is 0 Å². The van der Waals surface area contributed by atoms with Gasteiger partial charge < -0.3 is 5.32 Å². The van der Waals surface area contributed by atoms with Crippen molar-refractivity contribution in [3.8, 4) is 0 Å². The van der Waals surface area contributed by atoms with Gasteiger partial charge in [0.15, 0.2) is 0 Å². The summed E-state index contributed by atoms with van der Waals surface area (Å²) < 4.78 is 0. The fourth-order valence-corrected chi connectivity index (χ4v) is 0.886. The molecule has 2 rings (SSSR count). The Morgan fingerprint density at radius 2 is 2.43 bits per heavy atom. The summed E-state index contributed by atoms with van der Waals surface area (Å²) in [5.74, 6) is 0.438. The zero-order valence-corrected chi connectivity index (χ0v) is 3.72. The van der Waals surface area contributed by atoms with Gasteiger partial charge in [-0.2, -0.15) is 0 Å². The Balaban J connectivity index is 2.29. The zero-order valence-electron chi connectivity index (χ0n) is 3.72. The van der Waals surface area contributed by atoms with Crippen LogP contribution < -0.4 is 5.32 Å². The first-order valence-electron chi connectivity index (χ1n) is 2.36. The monoisotopic (exact) mass is 95.0 g/mol. The standard InChI is InChI=1S/C5H5NO/c7-5-3-1-2-4(3)6-5/h1-4H,(H,6,7)/t3-,4+/m1/s1. The molecule has 0 aromatic rings. The predicted octanol–water partition coefficient (Wildman–Crippen LogP) is -0.329. The number of carbonyl (C=O) groups is 1. The van der Waals surface area contributed by atoms with E-state index in [1.807, 2.05) is 12.2 Å². The maximum atomic E-state index is 10.3. The highest BCUT2D eigenvalue weighted by molar-refractivity contribution is 5.90. The molecule has 0 saturated carbocycles. The van der Waals surface area contributed by atoms with Crippen LogP contribution in [0.3, 0.4) is 0 Å². The molecule has 1 saturated heterocycles. The van der Waals surface area contributed by atoms with Crippen LogP contribution in [0.4, 0.5) is 0 Å². The molecule has 0 aromatic carbocycles. The fourth-order valence-electron chi connectivity index (χ4n) is 0.886. The molecule has 1 amide bonds. The van der Waals surface area contributed by atoms with E-state index in [9.17, 15) is 4.79 Å². The maximum absolute atomic E-state index is 10.3. The van der Waals surface area contributed by atoms with Crippen LogP contribution in [0.1, 0.15) is 0 Å². The van der Waals surface area contributed by atoms with Gasteiger partial charge in [0.25, 0.3) is 0 Å². The minimum absolute atomic E-state index is 0.188. The molecule has 1 aliphatic heterocycles. The van der Waals surface area contributed by atoms with E-state index in [0.29, 0.717) is 6.04 Å². The van der Waals surface area contributed by atoms with Gasteiger partial charge in [0, 0.05) is 0 Å². The average molecular weight is 95.1 g/mol. The van der Waals surface area contributed by atoms with Crippen LogP contribution in [0.2, 0.25) is 0 Å². The third-order valence-electron chi connectivity index (χ3n) is 1.52. The molecule has 0 aromatic heterocycles. The van der Waals surface area contributed by atoms with Crippen molar-refractivity contribution in [3.05, 3.63) is 12.2 Å². The second-order valence-electron chi connectivity index (χ2n) is 1.95. The Labute approximate surface area is 41.2 Å². The molecular formula is C5H5NO. The summed E-state index contributed by atoms with van der Waals surface area (Å²) in [6.07, 6.45) is 3.94. The maximum Gasteiger partial charge on any atom is 0.229 e. The quantitative estimate of drug-likeness (QED) is 0.324. The second kappa shape index (κ2) is 0.735. The molecule has 0 unspecified atom stereocenters. The van der Waals surface area contributed by atoms with Crippen molar-refractivity contribution >= 4 is 5.91 Å². The first kappa shape index (κ1) is 3.24. The molecule has 0 radical (unpaired) electrons. The van der Waals surface area contributed by atoms with E-state index in [2.05, 4.69) is 5.32 Å². The molecule has 1 heterocycles. The van der Waals surface area contributed by atoms with Crippen molar-refractivity contribution in [1.29, 1.82) is 0 Å². The van der Waals surface area contributed by atoms with Crippen LogP contribution in [0.5, 0.6) is 0 Å². The summed E-state index contributed by atoms with van der Waals surface area (Å²) in [7, 11) is 0. The number of fused-ring (bicyclic) bond motifs is 1. The molecule has 0 bridgehead atoms. The van der Waals surface area contributed by atoms with E-state index in [1.54, 1.807) is 0 Å². The van der Waals surface area contributed by atoms with Crippen LogP contribution >= 0.6 is 0 Å². The molecule has 2 atom stereocenters. The fraction of sp³-hybridized carbons (Fsp3) is 0.400. The molecule has 2 aliphatic rings. The molecular weight excluding hydrogens is 90.1 g/mol. The highest BCUT2D eigenvalue weighted by atomic mass is 16.2. The number of β-lactam (4-membered cyclic amide) rings is 1. The Bertz CT molecular complexity index is 150. The van der Waals surface area contributed by atoms with Crippen molar-refractivity contribution in [2.45, 2.75) is 6.04 Å². The molecule has 2 nitrogen and oxygen atoms in total. The van der Waals surface area contributed by atoms with Crippen LogP contribution in [-0.2, 0) is 4.79 Å². The van der Waals surface area contributed by atoms with Gasteiger partial charge in [-0.05, 0) is 0 Å². The normalized spacial score (nSPS) is 43.1. The first-order chi connectivity index (χ1) is 3.38. The topological polar surface area (TPSA) is 29.1 Å². The summed E-state index contributed by atoms with van der Waals surface area (Å²) in [5.41, 5.74) is 0. The molecule has 7 heavy (non-hydrogen) atoms. The lowest BCUT2D eigenvalue weighted by Crippen LogP contribution is -2.60. The largest absolute Gasteiger partial charge is 0.348 e. The lowest BCUT2D eigenvalue weighted by Gasteiger charge is -2.38. The molecule has 1 N–H and O–H groups in total. The minimum atomic E-state index is 0.188. The van der Waals surface area contributed by atoms with Gasteiger partial charge >= 0.3 is 0 Å². The smallest absolute Gasteiger partial charge is 0.229 e. The second-order valence-corrected chi connectivity index (χ2v) is 1.95. The number of carbonyl (C=O) groups excluding carboxylic acids is 1. The highest BCUT2D eigenvalue weighted by Crippen LogP contribution is 2.25. The number of nitrogens with one attached hydrogen (secondary N) is 1. The predicted molar refractivity (Wildman–Crippen MR) is 24.6 cm³/mol. The van der Waals surface area contributed by atoms with Gasteiger partial charge in [0.1, 0.15) is 0 Å². The summed E-state index contributed by atoms with van der Waals surface area (Å²) in [6.45, 7) is 0. The van der Waals surface area contributed by atoms with Crippen molar-refractivity contribution in [2.24, 2.45) is 5.92 Å². The molecule has 2 heteroatoms. The molecule has 1 fully saturated rings. The van der Waals surface area contributed by atoms with Crippen LogP contribution in [0.15, 0.2) is 12.2 Å². The summed E-state index contributed by atoms with van der Waals surface area (Å²) >= 11 is 0. The Kier molecular flexibility index (Phi) is 0.340. The van der Waals surface area contributed by atoms with Gasteiger partial charge in [0.05, 0.1) is 12.0 Å². The van der Waals surface area contributed by atoms with E-state index in [1.165, 1.54) is 0 Å². The molecule has 36 valence electrons. The third-order valence-corrected chi connectivity index (χ3v) is 1.52. The van der Waals surface area contributed by atoms with E-state index in [0.717, 1.165) is 0 Å². The summed E-state index contributed by atoms with van der Waals surface area (Å²) in [5, 5.41) is 2.72. The zero-order chi connectivity index (χ0) is 4.85. The van der Waals surface area contributed by atoms with Gasteiger partial charge in [-0.25, -0.2) is 0 Å². The summed E-state index contributed by atoms with van der Waals surface area (Å²) in [6, 6.07) is 0.410. The SMILES string of the molecule is O=C1N[C@H]2C=C[C@@H]12. The minimum Gasteiger partial charge on any atom is -0.348 e. The molecule has 1 aliphatic carbocycles. The van der Waals surface area contributed by atoms with E-state index in [4.69, 9.17) is 0 Å².